The van der Waals surface area contributed by atoms with E-state index in [0.29, 0.717) is 6.04 Å². The third-order valence-corrected chi connectivity index (χ3v) is 4.33. The number of ether oxygens (including phenoxy) is 1. The standard InChI is InChI=1S/C16H32N2O/c1-4-8-19-9-7-18-12-15(10-13(2)3)17-11-16(18)14-5-6-14/h13-17H,4-12H2,1-3H3. The first-order valence-corrected chi connectivity index (χ1v) is 8.25. The number of rotatable bonds is 8. The van der Waals surface area contributed by atoms with Gasteiger partial charge < -0.3 is 10.1 Å². The van der Waals surface area contributed by atoms with Crippen molar-refractivity contribution in [1.29, 1.82) is 0 Å². The Kier molecular flexibility index (Phi) is 6.11. The van der Waals surface area contributed by atoms with E-state index in [2.05, 4.69) is 31.0 Å². The molecule has 2 atom stereocenters. The van der Waals surface area contributed by atoms with Crippen LogP contribution in [-0.4, -0.2) is 49.8 Å². The van der Waals surface area contributed by atoms with Crippen molar-refractivity contribution in [2.24, 2.45) is 11.8 Å². The zero-order chi connectivity index (χ0) is 13.7. The molecule has 19 heavy (non-hydrogen) atoms. The lowest BCUT2D eigenvalue weighted by Gasteiger charge is -2.41. The summed E-state index contributed by atoms with van der Waals surface area (Å²) in [5.41, 5.74) is 0. The Bertz CT molecular complexity index is 253. The Hall–Kier alpha value is -0.120. The summed E-state index contributed by atoms with van der Waals surface area (Å²) < 4.78 is 5.69. The second-order valence-electron chi connectivity index (χ2n) is 6.75. The van der Waals surface area contributed by atoms with E-state index in [9.17, 15) is 0 Å². The molecule has 1 aliphatic heterocycles. The molecule has 0 aromatic heterocycles. The third-order valence-electron chi connectivity index (χ3n) is 4.33. The lowest BCUT2D eigenvalue weighted by Crippen LogP contribution is -2.58. The molecule has 0 aromatic rings. The lowest BCUT2D eigenvalue weighted by molar-refractivity contribution is 0.0557. The van der Waals surface area contributed by atoms with E-state index in [0.717, 1.165) is 44.1 Å². The first-order chi connectivity index (χ1) is 9.20. The monoisotopic (exact) mass is 268 g/mol. The molecule has 0 bridgehead atoms. The summed E-state index contributed by atoms with van der Waals surface area (Å²) in [6.45, 7) is 12.2. The van der Waals surface area contributed by atoms with Crippen molar-refractivity contribution in [3.8, 4) is 0 Å². The molecule has 0 amide bonds. The van der Waals surface area contributed by atoms with Crippen molar-refractivity contribution in [3.63, 3.8) is 0 Å². The molecule has 1 N–H and O–H groups in total. The van der Waals surface area contributed by atoms with Crippen molar-refractivity contribution in [1.82, 2.24) is 10.2 Å². The highest BCUT2D eigenvalue weighted by Crippen LogP contribution is 2.36. The molecule has 1 heterocycles. The number of hydrogen-bond donors (Lipinski definition) is 1. The predicted octanol–water partition coefficient (Wildman–Crippen LogP) is 2.51. The van der Waals surface area contributed by atoms with Crippen molar-refractivity contribution in [2.75, 3.05) is 32.8 Å². The second kappa shape index (κ2) is 7.61. The molecule has 0 aromatic carbocycles. The van der Waals surface area contributed by atoms with Gasteiger partial charge >= 0.3 is 0 Å². The van der Waals surface area contributed by atoms with E-state index in [-0.39, 0.29) is 0 Å². The van der Waals surface area contributed by atoms with Crippen molar-refractivity contribution in [3.05, 3.63) is 0 Å². The van der Waals surface area contributed by atoms with Crippen LogP contribution in [0, 0.1) is 11.8 Å². The smallest absolute Gasteiger partial charge is 0.0593 e. The molecule has 1 saturated heterocycles. The number of hydrogen-bond acceptors (Lipinski definition) is 3. The highest BCUT2D eigenvalue weighted by Gasteiger charge is 2.38. The SMILES string of the molecule is CCCOCCN1CC(CC(C)C)NCC1C1CC1. The first-order valence-electron chi connectivity index (χ1n) is 8.25. The van der Waals surface area contributed by atoms with Crippen molar-refractivity contribution < 1.29 is 4.74 Å². The van der Waals surface area contributed by atoms with Crippen LogP contribution in [0.3, 0.4) is 0 Å². The van der Waals surface area contributed by atoms with Gasteiger partial charge in [-0.25, -0.2) is 0 Å². The third kappa shape index (κ3) is 5.05. The second-order valence-corrected chi connectivity index (χ2v) is 6.75. The molecular weight excluding hydrogens is 236 g/mol. The summed E-state index contributed by atoms with van der Waals surface area (Å²) in [6, 6.07) is 1.45. The van der Waals surface area contributed by atoms with E-state index in [4.69, 9.17) is 4.74 Å². The molecule has 2 rings (SSSR count). The van der Waals surface area contributed by atoms with E-state index in [1.165, 1.54) is 32.4 Å². The molecule has 112 valence electrons. The Labute approximate surface area is 119 Å². The Balaban J connectivity index is 1.78. The topological polar surface area (TPSA) is 24.5 Å². The van der Waals surface area contributed by atoms with Crippen LogP contribution in [0.5, 0.6) is 0 Å². The van der Waals surface area contributed by atoms with Crippen LogP contribution in [0.4, 0.5) is 0 Å². The fourth-order valence-electron chi connectivity index (χ4n) is 3.26. The van der Waals surface area contributed by atoms with Crippen LogP contribution < -0.4 is 5.32 Å². The quantitative estimate of drug-likeness (QED) is 0.685. The van der Waals surface area contributed by atoms with E-state index in [1.54, 1.807) is 0 Å². The zero-order valence-corrected chi connectivity index (χ0v) is 13.0. The molecule has 2 unspecified atom stereocenters. The minimum atomic E-state index is 0.682. The molecule has 0 spiro atoms. The van der Waals surface area contributed by atoms with Crippen molar-refractivity contribution >= 4 is 0 Å². The normalized spacial score (nSPS) is 29.1. The lowest BCUT2D eigenvalue weighted by atomic mass is 9.98. The van der Waals surface area contributed by atoms with Crippen LogP contribution in [0.1, 0.15) is 46.5 Å². The van der Waals surface area contributed by atoms with Gasteiger partial charge in [0.15, 0.2) is 0 Å². The fourth-order valence-corrected chi connectivity index (χ4v) is 3.26. The van der Waals surface area contributed by atoms with Gasteiger partial charge in [-0.2, -0.15) is 0 Å². The summed E-state index contributed by atoms with van der Waals surface area (Å²) in [4.78, 5) is 2.71. The van der Waals surface area contributed by atoms with Gasteiger partial charge in [0.2, 0.25) is 0 Å². The summed E-state index contributed by atoms with van der Waals surface area (Å²) in [7, 11) is 0. The largest absolute Gasteiger partial charge is 0.380 e. The van der Waals surface area contributed by atoms with Gasteiger partial charge in [-0.3, -0.25) is 4.90 Å². The van der Waals surface area contributed by atoms with Gasteiger partial charge in [-0.1, -0.05) is 20.8 Å². The van der Waals surface area contributed by atoms with Gasteiger partial charge in [0.25, 0.3) is 0 Å². The molecule has 3 nitrogen and oxygen atoms in total. The molecule has 1 aliphatic carbocycles. The van der Waals surface area contributed by atoms with Crippen LogP contribution in [0.15, 0.2) is 0 Å². The van der Waals surface area contributed by atoms with Gasteiger partial charge in [0, 0.05) is 38.3 Å². The summed E-state index contributed by atoms with van der Waals surface area (Å²) >= 11 is 0. The van der Waals surface area contributed by atoms with Gasteiger partial charge in [0.1, 0.15) is 0 Å². The Morgan fingerprint density at radius 1 is 1.26 bits per heavy atom. The number of nitrogens with one attached hydrogen (secondary N) is 1. The van der Waals surface area contributed by atoms with E-state index >= 15 is 0 Å². The predicted molar refractivity (Wildman–Crippen MR) is 80.4 cm³/mol. The molecule has 3 heteroatoms. The van der Waals surface area contributed by atoms with Crippen LogP contribution in [0.25, 0.3) is 0 Å². The first kappa shape index (κ1) is 15.3. The number of piperazine rings is 1. The van der Waals surface area contributed by atoms with Gasteiger partial charge in [-0.05, 0) is 37.5 Å². The average molecular weight is 268 g/mol. The highest BCUT2D eigenvalue weighted by atomic mass is 16.5. The van der Waals surface area contributed by atoms with Crippen LogP contribution in [-0.2, 0) is 4.74 Å². The number of nitrogens with zero attached hydrogens (tertiary/aromatic N) is 1. The summed E-state index contributed by atoms with van der Waals surface area (Å²) in [5.74, 6) is 1.74. The maximum Gasteiger partial charge on any atom is 0.0593 e. The minimum Gasteiger partial charge on any atom is -0.380 e. The van der Waals surface area contributed by atoms with Crippen LogP contribution >= 0.6 is 0 Å². The Morgan fingerprint density at radius 3 is 2.68 bits per heavy atom. The highest BCUT2D eigenvalue weighted by molar-refractivity contribution is 4.95. The van der Waals surface area contributed by atoms with Crippen molar-refractivity contribution in [2.45, 2.75) is 58.5 Å². The van der Waals surface area contributed by atoms with Gasteiger partial charge in [-0.15, -0.1) is 0 Å². The maximum absolute atomic E-state index is 5.69. The Morgan fingerprint density at radius 2 is 2.05 bits per heavy atom. The summed E-state index contributed by atoms with van der Waals surface area (Å²) in [5, 5.41) is 3.77. The van der Waals surface area contributed by atoms with Crippen LogP contribution in [0.2, 0.25) is 0 Å². The molecule has 2 aliphatic rings. The zero-order valence-electron chi connectivity index (χ0n) is 13.0. The van der Waals surface area contributed by atoms with E-state index < -0.39 is 0 Å². The maximum atomic E-state index is 5.69. The molecule has 1 saturated carbocycles. The van der Waals surface area contributed by atoms with Gasteiger partial charge in [0.05, 0.1) is 6.61 Å². The summed E-state index contributed by atoms with van der Waals surface area (Å²) in [6.07, 6.45) is 5.30. The minimum absolute atomic E-state index is 0.682. The average Bonchev–Trinajstić information content (AvgIpc) is 3.18. The fraction of sp³-hybridized carbons (Fsp3) is 1.00. The molecule has 0 radical (unpaired) electrons. The van der Waals surface area contributed by atoms with E-state index in [1.807, 2.05) is 0 Å². The molecular formula is C16H32N2O. The molecule has 2 fully saturated rings.